The summed E-state index contributed by atoms with van der Waals surface area (Å²) in [7, 11) is 0. The van der Waals surface area contributed by atoms with E-state index in [4.69, 9.17) is 0 Å². The summed E-state index contributed by atoms with van der Waals surface area (Å²) in [4.78, 5) is 2.36. The largest absolute Gasteiger partial charge is 0.310 e. The zero-order chi connectivity index (χ0) is 51.0. The minimum absolute atomic E-state index is 0.417. The molecule has 2 nitrogen and oxygen atoms in total. The van der Waals surface area contributed by atoms with Crippen LogP contribution in [-0.4, -0.2) is 4.57 Å². The van der Waals surface area contributed by atoms with Gasteiger partial charge in [-0.3, -0.25) is 0 Å². The van der Waals surface area contributed by atoms with Gasteiger partial charge >= 0.3 is 0 Å². The van der Waals surface area contributed by atoms with Crippen molar-refractivity contribution in [1.82, 2.24) is 4.57 Å². The van der Waals surface area contributed by atoms with Gasteiger partial charge in [0.05, 0.1) is 22.1 Å². The van der Waals surface area contributed by atoms with E-state index in [1.807, 2.05) is 6.08 Å². The van der Waals surface area contributed by atoms with Gasteiger partial charge in [-0.05, 0) is 141 Å². The molecule has 0 saturated carbocycles. The highest BCUT2D eigenvalue weighted by Gasteiger charge is 2.48. The van der Waals surface area contributed by atoms with Crippen LogP contribution in [0, 0.1) is 0 Å². The average Bonchev–Trinajstić information content (AvgIpc) is 4.08. The predicted octanol–water partition coefficient (Wildman–Crippen LogP) is 20.0. The second-order valence-corrected chi connectivity index (χ2v) is 19.8. The first kappa shape index (κ1) is 46.3. The summed E-state index contributed by atoms with van der Waals surface area (Å²) in [6, 6.07) is 89.6. The lowest BCUT2D eigenvalue weighted by Crippen LogP contribution is -2.30. The maximum Gasteiger partial charge on any atom is 0.0677 e. The van der Waals surface area contributed by atoms with E-state index in [0.717, 1.165) is 57.7 Å². The molecule has 2 aliphatic carbocycles. The van der Waals surface area contributed by atoms with E-state index in [1.165, 1.54) is 77.6 Å². The molecule has 0 amide bonds. The van der Waals surface area contributed by atoms with Gasteiger partial charge in [-0.25, -0.2) is 0 Å². The Bertz CT molecular complexity index is 4110. The fourth-order valence-electron chi connectivity index (χ4n) is 12.5. The highest BCUT2D eigenvalue weighted by molar-refractivity contribution is 6.11. The van der Waals surface area contributed by atoms with Gasteiger partial charge in [0.1, 0.15) is 0 Å². The Labute approximate surface area is 446 Å². The molecule has 0 saturated heterocycles. The molecule has 2 heteroatoms. The Hall–Kier alpha value is -9.50. The van der Waals surface area contributed by atoms with E-state index < -0.39 is 5.41 Å². The Kier molecular flexibility index (Phi) is 12.0. The molecule has 0 aliphatic heterocycles. The zero-order valence-corrected chi connectivity index (χ0v) is 42.7. The number of allylic oxidation sites excluding steroid dienone is 9. The van der Waals surface area contributed by atoms with Crippen molar-refractivity contribution in [2.24, 2.45) is 0 Å². The standard InChI is InChI=1S/C74H56N2/c1-3-24-52(25-4-2)63-49-47-60(51-67(63)53-26-9-5-10-27-53)75(58-32-15-8-16-33-58)59-45-42-54(43-46-59)61-34-17-18-35-62(61)55-44-48-65-64-36-20-22-40-70(64)76(72(65)50-55)71-41-23-39-69-73(71)66-37-19-21-38-68(66)74(69,56-28-11-6-12-29-56)57-30-13-7-14-31-57/h3-13,15-30,32-51H,1,14,31H2,2H3/b25-4-,52-24+. The van der Waals surface area contributed by atoms with Gasteiger partial charge in [0.25, 0.3) is 0 Å². The van der Waals surface area contributed by atoms with Crippen LogP contribution in [0.3, 0.4) is 0 Å². The minimum Gasteiger partial charge on any atom is -0.310 e. The first-order chi connectivity index (χ1) is 37.6. The lowest BCUT2D eigenvalue weighted by molar-refractivity contribution is 0.692. The molecule has 2 aliphatic rings. The summed E-state index contributed by atoms with van der Waals surface area (Å²) in [5.41, 5.74) is 23.7. The molecule has 0 spiro atoms. The lowest BCUT2D eigenvalue weighted by atomic mass is 9.65. The highest BCUT2D eigenvalue weighted by atomic mass is 15.1. The zero-order valence-electron chi connectivity index (χ0n) is 42.7. The van der Waals surface area contributed by atoms with Gasteiger partial charge < -0.3 is 9.47 Å². The summed E-state index contributed by atoms with van der Waals surface area (Å²) in [5, 5.41) is 2.48. The third-order valence-electron chi connectivity index (χ3n) is 15.7. The molecule has 76 heavy (non-hydrogen) atoms. The number of hydrogen-bond donors (Lipinski definition) is 0. The number of rotatable bonds is 12. The van der Waals surface area contributed by atoms with Crippen molar-refractivity contribution in [2.45, 2.75) is 25.2 Å². The smallest absolute Gasteiger partial charge is 0.0677 e. The van der Waals surface area contributed by atoms with Crippen LogP contribution in [0.1, 0.15) is 42.0 Å². The molecule has 362 valence electrons. The Balaban J connectivity index is 0.941. The van der Waals surface area contributed by atoms with Crippen LogP contribution in [0.25, 0.3) is 77.6 Å². The van der Waals surface area contributed by atoms with Crippen molar-refractivity contribution < 1.29 is 0 Å². The van der Waals surface area contributed by atoms with Crippen LogP contribution < -0.4 is 4.90 Å². The minimum atomic E-state index is -0.417. The Morgan fingerprint density at radius 1 is 0.513 bits per heavy atom. The third kappa shape index (κ3) is 7.72. The summed E-state index contributed by atoms with van der Waals surface area (Å²) < 4.78 is 2.54. The van der Waals surface area contributed by atoms with Gasteiger partial charge in [0.15, 0.2) is 0 Å². The molecule has 1 atom stereocenters. The van der Waals surface area contributed by atoms with Crippen molar-refractivity contribution in [3.8, 4) is 50.2 Å². The van der Waals surface area contributed by atoms with Crippen molar-refractivity contribution >= 4 is 44.4 Å². The third-order valence-corrected chi connectivity index (χ3v) is 15.7. The van der Waals surface area contributed by atoms with Gasteiger partial charge in [-0.1, -0.05) is 243 Å². The monoisotopic (exact) mass is 972 g/mol. The molecule has 1 unspecified atom stereocenters. The van der Waals surface area contributed by atoms with Crippen molar-refractivity contribution in [3.63, 3.8) is 0 Å². The Morgan fingerprint density at radius 2 is 1.13 bits per heavy atom. The highest BCUT2D eigenvalue weighted by Crippen LogP contribution is 2.59. The topological polar surface area (TPSA) is 8.17 Å². The summed E-state index contributed by atoms with van der Waals surface area (Å²) in [6.45, 7) is 6.10. The quantitative estimate of drug-likeness (QED) is 0.111. The van der Waals surface area contributed by atoms with Gasteiger partial charge in [-0.2, -0.15) is 0 Å². The summed E-state index contributed by atoms with van der Waals surface area (Å²) in [6.07, 6.45) is 17.2. The lowest BCUT2D eigenvalue weighted by Gasteiger charge is -2.36. The van der Waals surface area contributed by atoms with Crippen LogP contribution in [0.4, 0.5) is 17.1 Å². The fourth-order valence-corrected chi connectivity index (χ4v) is 12.5. The van der Waals surface area contributed by atoms with E-state index in [2.05, 4.69) is 302 Å². The summed E-state index contributed by atoms with van der Waals surface area (Å²) in [5.74, 6) is 0. The van der Waals surface area contributed by atoms with E-state index in [1.54, 1.807) is 0 Å². The SMILES string of the molecule is C=C/C=C(\C=C/C)c1ccc(N(c2ccccc2)c2ccc(-c3ccccc3-c3ccc4c5ccccc5n(-c5cccc6c5-c5ccccc5C6(C5=CC=CCC5)c5ccccc5)c4c3)cc2)cc1-c1ccccc1. The van der Waals surface area contributed by atoms with E-state index in [-0.39, 0.29) is 0 Å². The van der Waals surface area contributed by atoms with Crippen LogP contribution in [0.2, 0.25) is 0 Å². The van der Waals surface area contributed by atoms with Crippen LogP contribution in [0.5, 0.6) is 0 Å². The molecule has 0 N–H and O–H groups in total. The molecular formula is C74H56N2. The van der Waals surface area contributed by atoms with E-state index in [9.17, 15) is 0 Å². The maximum atomic E-state index is 4.04. The number of hydrogen-bond acceptors (Lipinski definition) is 1. The molecule has 13 rings (SSSR count). The molecular weight excluding hydrogens is 917 g/mol. The van der Waals surface area contributed by atoms with Crippen molar-refractivity contribution in [2.75, 3.05) is 4.90 Å². The maximum absolute atomic E-state index is 4.04. The molecule has 1 aromatic heterocycles. The number of para-hydroxylation sites is 2. The predicted molar refractivity (Wildman–Crippen MR) is 323 cm³/mol. The summed E-state index contributed by atoms with van der Waals surface area (Å²) >= 11 is 0. The van der Waals surface area contributed by atoms with Crippen molar-refractivity contribution in [3.05, 3.63) is 320 Å². The second kappa shape index (κ2) is 19.7. The fraction of sp³-hybridized carbons (Fsp3) is 0.0541. The number of fused-ring (bicyclic) bond motifs is 6. The molecule has 1 heterocycles. The van der Waals surface area contributed by atoms with E-state index >= 15 is 0 Å². The van der Waals surface area contributed by atoms with E-state index in [0.29, 0.717) is 0 Å². The first-order valence-corrected chi connectivity index (χ1v) is 26.5. The molecule has 0 radical (unpaired) electrons. The number of anilines is 3. The first-order valence-electron chi connectivity index (χ1n) is 26.5. The number of nitrogens with zero attached hydrogens (tertiary/aromatic N) is 2. The molecule has 0 fully saturated rings. The van der Waals surface area contributed by atoms with Crippen LogP contribution >= 0.6 is 0 Å². The normalized spacial score (nSPS) is 15.0. The van der Waals surface area contributed by atoms with Crippen LogP contribution in [0.15, 0.2) is 297 Å². The Morgan fingerprint density at radius 3 is 1.88 bits per heavy atom. The average molecular weight is 973 g/mol. The number of aromatic nitrogens is 1. The molecule has 0 bridgehead atoms. The number of benzene rings is 10. The van der Waals surface area contributed by atoms with Gasteiger partial charge in [-0.15, -0.1) is 0 Å². The molecule has 11 aromatic rings. The van der Waals surface area contributed by atoms with Crippen LogP contribution in [-0.2, 0) is 5.41 Å². The van der Waals surface area contributed by atoms with Crippen molar-refractivity contribution in [1.29, 1.82) is 0 Å². The van der Waals surface area contributed by atoms with Gasteiger partial charge in [0, 0.05) is 33.4 Å². The van der Waals surface area contributed by atoms with Gasteiger partial charge in [0.2, 0.25) is 0 Å². The molecule has 10 aromatic carbocycles. The second-order valence-electron chi connectivity index (χ2n) is 19.8.